The number of carbonyl (C=O) groups is 2. The van der Waals surface area contributed by atoms with E-state index in [0.717, 1.165) is 37.7 Å². The van der Waals surface area contributed by atoms with E-state index in [1.165, 1.54) is 0 Å². The summed E-state index contributed by atoms with van der Waals surface area (Å²) in [6, 6.07) is 7.21. The standard InChI is InChI=1S/C18H25NO4/c1-3-18(10-4-5-11-18)17(22)19(2)12-14-6-8-15(9-7-14)23-13-16(20)21/h6-9H,3-5,10-13H2,1-2H3,(H,20,21). The van der Waals surface area contributed by atoms with Crippen molar-refractivity contribution in [1.82, 2.24) is 4.90 Å². The Morgan fingerprint density at radius 1 is 1.22 bits per heavy atom. The van der Waals surface area contributed by atoms with Crippen LogP contribution in [0.4, 0.5) is 0 Å². The van der Waals surface area contributed by atoms with Gasteiger partial charge in [0, 0.05) is 19.0 Å². The summed E-state index contributed by atoms with van der Waals surface area (Å²) in [5, 5.41) is 8.59. The van der Waals surface area contributed by atoms with Crippen molar-refractivity contribution >= 4 is 11.9 Å². The maximum Gasteiger partial charge on any atom is 0.341 e. The van der Waals surface area contributed by atoms with Gasteiger partial charge in [-0.3, -0.25) is 4.79 Å². The van der Waals surface area contributed by atoms with Gasteiger partial charge in [-0.2, -0.15) is 0 Å². The third-order valence-corrected chi connectivity index (χ3v) is 4.74. The molecule has 1 aliphatic carbocycles. The van der Waals surface area contributed by atoms with Crippen molar-refractivity contribution < 1.29 is 19.4 Å². The fraction of sp³-hybridized carbons (Fsp3) is 0.556. The lowest BCUT2D eigenvalue weighted by atomic mass is 9.82. The summed E-state index contributed by atoms with van der Waals surface area (Å²) >= 11 is 0. The van der Waals surface area contributed by atoms with Crippen molar-refractivity contribution in [3.8, 4) is 5.75 Å². The second kappa shape index (κ2) is 7.49. The molecule has 5 nitrogen and oxygen atoms in total. The average Bonchev–Trinajstić information content (AvgIpc) is 3.03. The molecule has 0 radical (unpaired) electrons. The van der Waals surface area contributed by atoms with Crippen LogP contribution in [0.25, 0.3) is 0 Å². The van der Waals surface area contributed by atoms with Gasteiger partial charge in [0.25, 0.3) is 0 Å². The van der Waals surface area contributed by atoms with Crippen molar-refractivity contribution in [2.24, 2.45) is 5.41 Å². The van der Waals surface area contributed by atoms with Gasteiger partial charge in [0.2, 0.25) is 5.91 Å². The summed E-state index contributed by atoms with van der Waals surface area (Å²) in [5.74, 6) is -0.240. The molecule has 1 N–H and O–H groups in total. The van der Waals surface area contributed by atoms with E-state index < -0.39 is 5.97 Å². The van der Waals surface area contributed by atoms with Gasteiger partial charge in [-0.15, -0.1) is 0 Å². The normalized spacial score (nSPS) is 16.1. The van der Waals surface area contributed by atoms with Gasteiger partial charge in [0.15, 0.2) is 6.61 Å². The molecule has 0 saturated heterocycles. The van der Waals surface area contributed by atoms with Crippen LogP contribution < -0.4 is 4.74 Å². The monoisotopic (exact) mass is 319 g/mol. The minimum absolute atomic E-state index is 0.167. The van der Waals surface area contributed by atoms with Gasteiger partial charge in [0.1, 0.15) is 5.75 Å². The minimum Gasteiger partial charge on any atom is -0.482 e. The van der Waals surface area contributed by atoms with Gasteiger partial charge >= 0.3 is 5.97 Å². The summed E-state index contributed by atoms with van der Waals surface area (Å²) in [4.78, 5) is 25.1. The Hall–Kier alpha value is -2.04. The topological polar surface area (TPSA) is 66.8 Å². The smallest absolute Gasteiger partial charge is 0.341 e. The fourth-order valence-electron chi connectivity index (χ4n) is 3.36. The number of amides is 1. The number of rotatable bonds is 7. The van der Waals surface area contributed by atoms with Crippen LogP contribution in [0.5, 0.6) is 5.75 Å². The van der Waals surface area contributed by atoms with E-state index in [2.05, 4.69) is 6.92 Å². The number of aliphatic carboxylic acids is 1. The van der Waals surface area contributed by atoms with Crippen molar-refractivity contribution in [1.29, 1.82) is 0 Å². The lowest BCUT2D eigenvalue weighted by Gasteiger charge is -2.31. The zero-order chi connectivity index (χ0) is 16.9. The maximum atomic E-state index is 12.8. The Bertz CT molecular complexity index is 547. The number of benzene rings is 1. The van der Waals surface area contributed by atoms with Crippen LogP contribution in [0.3, 0.4) is 0 Å². The predicted octanol–water partition coefficient (Wildman–Crippen LogP) is 3.08. The third kappa shape index (κ3) is 4.24. The Labute approximate surface area is 137 Å². The van der Waals surface area contributed by atoms with Crippen molar-refractivity contribution in [3.63, 3.8) is 0 Å². The first-order valence-corrected chi connectivity index (χ1v) is 8.16. The zero-order valence-electron chi connectivity index (χ0n) is 13.9. The molecule has 1 aromatic rings. The Kier molecular flexibility index (Phi) is 5.64. The maximum absolute atomic E-state index is 12.8. The number of hydrogen-bond acceptors (Lipinski definition) is 3. The molecule has 0 heterocycles. The molecule has 0 spiro atoms. The van der Waals surface area contributed by atoms with Crippen LogP contribution in [-0.2, 0) is 16.1 Å². The van der Waals surface area contributed by atoms with Crippen molar-refractivity contribution in [3.05, 3.63) is 29.8 Å². The van der Waals surface area contributed by atoms with Gasteiger partial charge in [-0.25, -0.2) is 4.79 Å². The van der Waals surface area contributed by atoms with E-state index in [0.29, 0.717) is 12.3 Å². The molecule has 1 amide bonds. The van der Waals surface area contributed by atoms with E-state index in [-0.39, 0.29) is 17.9 Å². The minimum atomic E-state index is -0.999. The highest BCUT2D eigenvalue weighted by molar-refractivity contribution is 5.82. The van der Waals surface area contributed by atoms with Crippen LogP contribution in [0.1, 0.15) is 44.6 Å². The molecule has 0 bridgehead atoms. The number of carboxylic acid groups (broad SMARTS) is 1. The first-order valence-electron chi connectivity index (χ1n) is 8.16. The number of hydrogen-bond donors (Lipinski definition) is 1. The Morgan fingerprint density at radius 3 is 2.35 bits per heavy atom. The zero-order valence-corrected chi connectivity index (χ0v) is 13.9. The van der Waals surface area contributed by atoms with Gasteiger partial charge in [-0.1, -0.05) is 31.9 Å². The van der Waals surface area contributed by atoms with E-state index in [9.17, 15) is 9.59 Å². The van der Waals surface area contributed by atoms with Crippen LogP contribution in [-0.4, -0.2) is 35.5 Å². The molecule has 0 aromatic heterocycles. The number of ether oxygens (including phenoxy) is 1. The SMILES string of the molecule is CCC1(C(=O)N(C)Cc2ccc(OCC(=O)O)cc2)CCCC1. The lowest BCUT2D eigenvalue weighted by molar-refractivity contribution is -0.141. The molecule has 0 unspecified atom stereocenters. The number of carboxylic acids is 1. The summed E-state index contributed by atoms with van der Waals surface area (Å²) in [6.07, 6.45) is 5.17. The molecule has 5 heteroatoms. The van der Waals surface area contributed by atoms with E-state index in [1.54, 1.807) is 12.1 Å². The lowest BCUT2D eigenvalue weighted by Crippen LogP contribution is -2.39. The molecular formula is C18H25NO4. The molecular weight excluding hydrogens is 294 g/mol. The van der Waals surface area contributed by atoms with Gasteiger partial charge in [0.05, 0.1) is 0 Å². The highest BCUT2D eigenvalue weighted by Crippen LogP contribution is 2.42. The van der Waals surface area contributed by atoms with Gasteiger partial charge in [-0.05, 0) is 37.0 Å². The first kappa shape index (κ1) is 17.3. The second-order valence-electron chi connectivity index (χ2n) is 6.33. The molecule has 126 valence electrons. The quantitative estimate of drug-likeness (QED) is 0.838. The average molecular weight is 319 g/mol. The summed E-state index contributed by atoms with van der Waals surface area (Å²) in [7, 11) is 1.85. The Morgan fingerprint density at radius 2 is 1.83 bits per heavy atom. The fourth-order valence-corrected chi connectivity index (χ4v) is 3.36. The van der Waals surface area contributed by atoms with E-state index in [1.807, 2.05) is 24.1 Å². The molecule has 23 heavy (non-hydrogen) atoms. The van der Waals surface area contributed by atoms with Crippen molar-refractivity contribution in [2.45, 2.75) is 45.6 Å². The van der Waals surface area contributed by atoms with Crippen LogP contribution >= 0.6 is 0 Å². The molecule has 1 fully saturated rings. The molecule has 1 aliphatic rings. The summed E-state index contributed by atoms with van der Waals surface area (Å²) in [5.41, 5.74) is 0.840. The van der Waals surface area contributed by atoms with Crippen LogP contribution in [0.2, 0.25) is 0 Å². The highest BCUT2D eigenvalue weighted by Gasteiger charge is 2.40. The second-order valence-corrected chi connectivity index (χ2v) is 6.33. The van der Waals surface area contributed by atoms with Crippen LogP contribution in [0, 0.1) is 5.41 Å². The largest absolute Gasteiger partial charge is 0.482 e. The van der Waals surface area contributed by atoms with E-state index in [4.69, 9.17) is 9.84 Å². The number of nitrogens with zero attached hydrogens (tertiary/aromatic N) is 1. The molecule has 0 atom stereocenters. The highest BCUT2D eigenvalue weighted by atomic mass is 16.5. The van der Waals surface area contributed by atoms with Gasteiger partial charge < -0.3 is 14.7 Å². The molecule has 2 rings (SSSR count). The molecule has 0 aliphatic heterocycles. The third-order valence-electron chi connectivity index (χ3n) is 4.74. The summed E-state index contributed by atoms with van der Waals surface area (Å²) in [6.45, 7) is 2.31. The predicted molar refractivity (Wildman–Crippen MR) is 87.2 cm³/mol. The Balaban J connectivity index is 1.95. The summed E-state index contributed by atoms with van der Waals surface area (Å²) < 4.78 is 5.11. The van der Waals surface area contributed by atoms with E-state index >= 15 is 0 Å². The van der Waals surface area contributed by atoms with Crippen molar-refractivity contribution in [2.75, 3.05) is 13.7 Å². The number of carbonyl (C=O) groups excluding carboxylic acids is 1. The van der Waals surface area contributed by atoms with Crippen LogP contribution in [0.15, 0.2) is 24.3 Å². The molecule has 1 aromatic carbocycles. The molecule has 1 saturated carbocycles. The first-order chi connectivity index (χ1) is 11.0.